The Bertz CT molecular complexity index is 1040. The second kappa shape index (κ2) is 7.20. The quantitative estimate of drug-likeness (QED) is 0.714. The summed E-state index contributed by atoms with van der Waals surface area (Å²) >= 11 is 0. The molecule has 0 spiro atoms. The molecular formula is C21H21N5O. The van der Waals surface area contributed by atoms with E-state index in [-0.39, 0.29) is 17.9 Å². The predicted octanol–water partition coefficient (Wildman–Crippen LogP) is 2.62. The second-order valence-corrected chi connectivity index (χ2v) is 6.85. The van der Waals surface area contributed by atoms with Crippen LogP contribution in [-0.2, 0) is 4.79 Å². The maximum absolute atomic E-state index is 11.9. The number of nitrogens with one attached hydrogen (secondary N) is 1. The summed E-state index contributed by atoms with van der Waals surface area (Å²) in [5.41, 5.74) is 3.33. The first-order valence-electron chi connectivity index (χ1n) is 9.15. The molecule has 1 aromatic carbocycles. The van der Waals surface area contributed by atoms with Crippen LogP contribution in [0.25, 0.3) is 11.2 Å². The highest BCUT2D eigenvalue weighted by molar-refractivity contribution is 5.79. The number of hydrogen-bond donors (Lipinski definition) is 1. The minimum atomic E-state index is 0.0535. The number of hydrogen-bond acceptors (Lipinski definition) is 4. The molecule has 6 nitrogen and oxygen atoms in total. The van der Waals surface area contributed by atoms with Gasteiger partial charge in [0, 0.05) is 24.6 Å². The van der Waals surface area contributed by atoms with Crippen molar-refractivity contribution < 1.29 is 4.79 Å². The van der Waals surface area contributed by atoms with E-state index in [4.69, 9.17) is 0 Å². The second-order valence-electron chi connectivity index (χ2n) is 6.85. The monoisotopic (exact) mass is 359 g/mol. The number of imidazole rings is 1. The normalized spacial score (nSPS) is 18.9. The Morgan fingerprint density at radius 1 is 1.19 bits per heavy atom. The van der Waals surface area contributed by atoms with Gasteiger partial charge >= 0.3 is 0 Å². The van der Waals surface area contributed by atoms with Gasteiger partial charge in [-0.05, 0) is 44.2 Å². The van der Waals surface area contributed by atoms with Gasteiger partial charge < -0.3 is 9.88 Å². The third-order valence-corrected chi connectivity index (χ3v) is 5.10. The maximum Gasteiger partial charge on any atom is 0.222 e. The molecule has 6 heteroatoms. The van der Waals surface area contributed by atoms with Gasteiger partial charge in [0.1, 0.15) is 5.52 Å². The van der Waals surface area contributed by atoms with Crippen LogP contribution in [0, 0.1) is 24.7 Å². The lowest BCUT2D eigenvalue weighted by Gasteiger charge is -2.13. The minimum Gasteiger partial charge on any atom is -0.359 e. The number of carbonyl (C=O) groups is 1. The van der Waals surface area contributed by atoms with E-state index in [9.17, 15) is 4.79 Å². The summed E-state index contributed by atoms with van der Waals surface area (Å²) in [4.78, 5) is 25.6. The lowest BCUT2D eigenvalue weighted by Crippen LogP contribution is -2.25. The maximum atomic E-state index is 11.9. The fourth-order valence-corrected chi connectivity index (χ4v) is 3.68. The number of rotatable bonds is 2. The molecule has 27 heavy (non-hydrogen) atoms. The van der Waals surface area contributed by atoms with Crippen molar-refractivity contribution in [1.29, 1.82) is 0 Å². The lowest BCUT2D eigenvalue weighted by molar-refractivity contribution is -0.124. The number of nitrogens with zero attached hydrogens (tertiary/aromatic N) is 4. The Morgan fingerprint density at radius 2 is 2.00 bits per heavy atom. The van der Waals surface area contributed by atoms with Crippen molar-refractivity contribution in [2.75, 3.05) is 7.05 Å². The molecule has 136 valence electrons. The molecule has 4 rings (SSSR count). The topological polar surface area (TPSA) is 72.7 Å². The van der Waals surface area contributed by atoms with E-state index in [1.54, 1.807) is 7.05 Å². The molecule has 1 aliphatic carbocycles. The zero-order valence-electron chi connectivity index (χ0n) is 15.4. The number of fused-ring (bicyclic) bond motifs is 1. The van der Waals surface area contributed by atoms with Crippen LogP contribution in [-0.4, -0.2) is 32.5 Å². The molecular weight excluding hydrogens is 338 g/mol. The van der Waals surface area contributed by atoms with Crippen LogP contribution in [0.1, 0.15) is 42.4 Å². The standard InChI is InChI=1S/C21H21N5O/c1-14-19-20(25-18(24-14)11-8-15-6-4-3-5-7-15)26(13-23-19)17-10-9-16(12-17)21(27)22-2/h3-7,13,16-17H,9-10,12H2,1-2H3,(H,22,27). The van der Waals surface area contributed by atoms with Gasteiger partial charge in [0.15, 0.2) is 5.65 Å². The smallest absolute Gasteiger partial charge is 0.222 e. The summed E-state index contributed by atoms with van der Waals surface area (Å²) in [5.74, 6) is 6.82. The van der Waals surface area contributed by atoms with Gasteiger partial charge in [-0.1, -0.05) is 24.1 Å². The fraction of sp³-hybridized carbons (Fsp3) is 0.333. The predicted molar refractivity (Wildman–Crippen MR) is 103 cm³/mol. The average molecular weight is 359 g/mol. The number of aryl methyl sites for hydroxylation is 1. The molecule has 2 unspecified atom stereocenters. The SMILES string of the molecule is CNC(=O)C1CCC(n2cnc3c(C)nc(C#Cc4ccccc4)nc32)C1. The molecule has 3 aromatic rings. The van der Waals surface area contributed by atoms with Gasteiger partial charge in [0.2, 0.25) is 11.7 Å². The molecule has 2 aromatic heterocycles. The van der Waals surface area contributed by atoms with Crippen molar-refractivity contribution in [3.63, 3.8) is 0 Å². The van der Waals surface area contributed by atoms with Crippen molar-refractivity contribution in [3.05, 3.63) is 53.7 Å². The van der Waals surface area contributed by atoms with Crippen molar-refractivity contribution in [2.24, 2.45) is 5.92 Å². The van der Waals surface area contributed by atoms with Gasteiger partial charge in [0.25, 0.3) is 0 Å². The van der Waals surface area contributed by atoms with Crippen LogP contribution < -0.4 is 5.32 Å². The average Bonchev–Trinajstić information content (AvgIpc) is 3.33. The van der Waals surface area contributed by atoms with E-state index in [1.807, 2.05) is 43.6 Å². The van der Waals surface area contributed by atoms with Gasteiger partial charge in [-0.25, -0.2) is 15.0 Å². The van der Waals surface area contributed by atoms with Crippen LogP contribution in [0.2, 0.25) is 0 Å². The first-order chi connectivity index (χ1) is 13.2. The van der Waals surface area contributed by atoms with Crippen LogP contribution in [0.3, 0.4) is 0 Å². The molecule has 1 amide bonds. The Labute approximate surface area is 158 Å². The van der Waals surface area contributed by atoms with Crippen LogP contribution in [0.15, 0.2) is 36.7 Å². The molecule has 0 bridgehead atoms. The summed E-state index contributed by atoms with van der Waals surface area (Å²) in [6.45, 7) is 1.93. The van der Waals surface area contributed by atoms with Gasteiger partial charge in [-0.15, -0.1) is 0 Å². The molecule has 2 heterocycles. The number of amides is 1. The van der Waals surface area contributed by atoms with Crippen molar-refractivity contribution in [1.82, 2.24) is 24.8 Å². The zero-order chi connectivity index (χ0) is 18.8. The summed E-state index contributed by atoms with van der Waals surface area (Å²) in [6, 6.07) is 10.0. The van der Waals surface area contributed by atoms with E-state index in [0.717, 1.165) is 41.7 Å². The van der Waals surface area contributed by atoms with E-state index in [0.29, 0.717) is 5.82 Å². The summed E-state index contributed by atoms with van der Waals surface area (Å²) in [7, 11) is 1.69. The van der Waals surface area contributed by atoms with Crippen LogP contribution in [0.4, 0.5) is 0 Å². The largest absolute Gasteiger partial charge is 0.359 e. The first kappa shape index (κ1) is 17.2. The summed E-state index contributed by atoms with van der Waals surface area (Å²) in [6.07, 6.45) is 4.45. The summed E-state index contributed by atoms with van der Waals surface area (Å²) < 4.78 is 2.08. The number of benzene rings is 1. The Kier molecular flexibility index (Phi) is 4.59. The molecule has 2 atom stereocenters. The van der Waals surface area contributed by atoms with Crippen LogP contribution >= 0.6 is 0 Å². The lowest BCUT2D eigenvalue weighted by atomic mass is 10.1. The fourth-order valence-electron chi connectivity index (χ4n) is 3.68. The molecule has 1 N–H and O–H groups in total. The summed E-state index contributed by atoms with van der Waals surface area (Å²) in [5, 5.41) is 2.75. The van der Waals surface area contributed by atoms with Crippen molar-refractivity contribution in [2.45, 2.75) is 32.2 Å². The van der Waals surface area contributed by atoms with E-state index in [1.165, 1.54) is 0 Å². The van der Waals surface area contributed by atoms with E-state index in [2.05, 4.69) is 36.7 Å². The number of carbonyl (C=O) groups excluding carboxylic acids is 1. The van der Waals surface area contributed by atoms with Gasteiger partial charge in [0.05, 0.1) is 12.0 Å². The molecule has 0 aliphatic heterocycles. The van der Waals surface area contributed by atoms with E-state index < -0.39 is 0 Å². The zero-order valence-corrected chi connectivity index (χ0v) is 15.4. The highest BCUT2D eigenvalue weighted by Crippen LogP contribution is 2.36. The third kappa shape index (κ3) is 3.41. The Morgan fingerprint density at radius 3 is 2.78 bits per heavy atom. The highest BCUT2D eigenvalue weighted by Gasteiger charge is 2.31. The first-order valence-corrected chi connectivity index (χ1v) is 9.15. The molecule has 1 saturated carbocycles. The molecule has 0 saturated heterocycles. The van der Waals surface area contributed by atoms with Gasteiger partial charge in [-0.2, -0.15) is 0 Å². The van der Waals surface area contributed by atoms with Gasteiger partial charge in [-0.3, -0.25) is 4.79 Å². The Hall–Kier alpha value is -3.20. The third-order valence-electron chi connectivity index (χ3n) is 5.10. The minimum absolute atomic E-state index is 0.0535. The molecule has 0 radical (unpaired) electrons. The van der Waals surface area contributed by atoms with Crippen LogP contribution in [0.5, 0.6) is 0 Å². The van der Waals surface area contributed by atoms with Crippen molar-refractivity contribution in [3.8, 4) is 11.8 Å². The highest BCUT2D eigenvalue weighted by atomic mass is 16.1. The van der Waals surface area contributed by atoms with Crippen molar-refractivity contribution >= 4 is 17.1 Å². The van der Waals surface area contributed by atoms with E-state index >= 15 is 0 Å². The number of aromatic nitrogens is 4. The molecule has 1 fully saturated rings. The Balaban J connectivity index is 1.67. The molecule has 1 aliphatic rings.